The van der Waals surface area contributed by atoms with Crippen molar-refractivity contribution < 1.29 is 9.84 Å². The highest BCUT2D eigenvalue weighted by atomic mass is 16.6. The smallest absolute Gasteiger partial charge is 0.113 e. The average molecular weight is 156 g/mol. The van der Waals surface area contributed by atoms with Gasteiger partial charge in [0.1, 0.15) is 6.10 Å². The van der Waals surface area contributed by atoms with Crippen LogP contribution in [0.3, 0.4) is 0 Å². The van der Waals surface area contributed by atoms with E-state index in [1.807, 2.05) is 0 Å². The van der Waals surface area contributed by atoms with Crippen LogP contribution in [0.1, 0.15) is 33.6 Å². The number of hydrogen-bond acceptors (Lipinski definition) is 2. The van der Waals surface area contributed by atoms with Crippen LogP contribution in [-0.2, 0) is 4.74 Å². The molecule has 1 unspecified atom stereocenters. The van der Waals surface area contributed by atoms with E-state index in [1.165, 1.54) is 0 Å². The van der Waals surface area contributed by atoms with Crippen molar-refractivity contribution in [2.24, 2.45) is 5.41 Å². The summed E-state index contributed by atoms with van der Waals surface area (Å²) < 4.78 is 5.46. The predicted molar refractivity (Wildman–Crippen MR) is 42.3 cm³/mol. The van der Waals surface area contributed by atoms with Crippen molar-refractivity contribution in [1.29, 1.82) is 0 Å². The number of aliphatic hydroxyl groups is 1. The summed E-state index contributed by atoms with van der Waals surface area (Å²) in [5.74, 6) is 0. The van der Waals surface area contributed by atoms with Crippen LogP contribution in [0.2, 0.25) is 0 Å². The third kappa shape index (κ3) is 1.09. The Morgan fingerprint density at radius 3 is 2.55 bits per heavy atom. The number of aliphatic hydroxyl groups excluding tert-OH is 1. The van der Waals surface area contributed by atoms with Crippen molar-refractivity contribution in [2.75, 3.05) is 0 Å². The van der Waals surface area contributed by atoms with E-state index >= 15 is 0 Å². The molecule has 11 heavy (non-hydrogen) atoms. The lowest BCUT2D eigenvalue weighted by molar-refractivity contribution is 0.0705. The minimum absolute atomic E-state index is 0.00116. The van der Waals surface area contributed by atoms with Gasteiger partial charge in [-0.25, -0.2) is 0 Å². The summed E-state index contributed by atoms with van der Waals surface area (Å²) in [6.45, 7) is 6.49. The summed E-state index contributed by atoms with van der Waals surface area (Å²) in [6.07, 6.45) is 1.87. The van der Waals surface area contributed by atoms with Crippen LogP contribution in [0, 0.1) is 5.41 Å². The summed E-state index contributed by atoms with van der Waals surface area (Å²) in [5.41, 5.74) is 0.252. The molecule has 3 atom stereocenters. The van der Waals surface area contributed by atoms with E-state index in [-0.39, 0.29) is 23.2 Å². The normalized spacial score (nSPS) is 53.5. The molecule has 1 aliphatic heterocycles. The Bertz CT molecular complexity index is 185. The van der Waals surface area contributed by atoms with Crippen molar-refractivity contribution in [3.8, 4) is 0 Å². The van der Waals surface area contributed by atoms with Gasteiger partial charge in [0.05, 0.1) is 11.7 Å². The molecule has 1 saturated heterocycles. The first-order chi connectivity index (χ1) is 4.93. The highest BCUT2D eigenvalue weighted by Gasteiger charge is 2.61. The third-order valence-electron chi connectivity index (χ3n) is 2.88. The predicted octanol–water partition coefficient (Wildman–Crippen LogP) is 1.32. The van der Waals surface area contributed by atoms with Crippen LogP contribution >= 0.6 is 0 Å². The monoisotopic (exact) mass is 156 g/mol. The molecule has 1 heterocycles. The Morgan fingerprint density at radius 1 is 1.36 bits per heavy atom. The summed E-state index contributed by atoms with van der Waals surface area (Å²) in [7, 11) is 0. The topological polar surface area (TPSA) is 32.8 Å². The fourth-order valence-electron chi connectivity index (χ4n) is 2.58. The van der Waals surface area contributed by atoms with Gasteiger partial charge in [-0.05, 0) is 25.2 Å². The molecule has 2 nitrogen and oxygen atoms in total. The zero-order valence-electron chi connectivity index (χ0n) is 7.42. The van der Waals surface area contributed by atoms with Gasteiger partial charge >= 0.3 is 0 Å². The lowest BCUT2D eigenvalue weighted by Crippen LogP contribution is -2.37. The van der Waals surface area contributed by atoms with Gasteiger partial charge in [0, 0.05) is 0 Å². The van der Waals surface area contributed by atoms with Crippen molar-refractivity contribution in [2.45, 2.75) is 51.4 Å². The van der Waals surface area contributed by atoms with Gasteiger partial charge in [0.25, 0.3) is 0 Å². The molecule has 0 amide bonds. The van der Waals surface area contributed by atoms with Crippen molar-refractivity contribution in [1.82, 2.24) is 0 Å². The molecule has 0 aromatic heterocycles. The Labute approximate surface area is 67.6 Å². The number of epoxide rings is 1. The van der Waals surface area contributed by atoms with Crippen LogP contribution in [-0.4, -0.2) is 22.9 Å². The van der Waals surface area contributed by atoms with Gasteiger partial charge < -0.3 is 9.84 Å². The minimum atomic E-state index is -0.233. The van der Waals surface area contributed by atoms with Gasteiger partial charge in [0.2, 0.25) is 0 Å². The molecule has 0 aromatic rings. The first-order valence-corrected chi connectivity index (χ1v) is 4.29. The second kappa shape index (κ2) is 1.80. The molecule has 1 saturated carbocycles. The van der Waals surface area contributed by atoms with Crippen molar-refractivity contribution >= 4 is 0 Å². The third-order valence-corrected chi connectivity index (χ3v) is 2.88. The number of ether oxygens (including phenoxy) is 1. The summed E-state index contributed by atoms with van der Waals surface area (Å²) in [4.78, 5) is 0. The lowest BCUT2D eigenvalue weighted by atomic mass is 9.71. The summed E-state index contributed by atoms with van der Waals surface area (Å²) in [6, 6.07) is 0. The Morgan fingerprint density at radius 2 is 2.00 bits per heavy atom. The molecular formula is C9H16O2. The van der Waals surface area contributed by atoms with Gasteiger partial charge in [-0.15, -0.1) is 0 Å². The zero-order valence-corrected chi connectivity index (χ0v) is 7.42. The van der Waals surface area contributed by atoms with Crippen LogP contribution in [0.15, 0.2) is 0 Å². The van der Waals surface area contributed by atoms with Gasteiger partial charge in [-0.1, -0.05) is 13.8 Å². The van der Waals surface area contributed by atoms with Gasteiger partial charge in [-0.3, -0.25) is 0 Å². The van der Waals surface area contributed by atoms with Crippen LogP contribution < -0.4 is 0 Å². The van der Waals surface area contributed by atoms with Crippen LogP contribution in [0.5, 0.6) is 0 Å². The van der Waals surface area contributed by atoms with Crippen LogP contribution in [0.25, 0.3) is 0 Å². The average Bonchev–Trinajstić information content (AvgIpc) is 2.36. The lowest BCUT2D eigenvalue weighted by Gasteiger charge is -2.33. The minimum Gasteiger partial charge on any atom is -0.390 e. The van der Waals surface area contributed by atoms with E-state index in [2.05, 4.69) is 20.8 Å². The standard InChI is InChI=1S/C9H16O2/c1-8(2)4-6(10)7-9(3,5-8)11-7/h6-7,10H,4-5H2,1-3H3/t6?,7-,9+/m1/s1. The highest BCUT2D eigenvalue weighted by Crippen LogP contribution is 2.53. The summed E-state index contributed by atoms with van der Waals surface area (Å²) >= 11 is 0. The molecular weight excluding hydrogens is 140 g/mol. The SMILES string of the molecule is CC1(C)CC(O)[C@H]2O[C@@]2(C)C1. The maximum atomic E-state index is 9.60. The number of fused-ring (bicyclic) bond motifs is 1. The molecule has 2 rings (SSSR count). The zero-order chi connectivity index (χ0) is 8.28. The van der Waals surface area contributed by atoms with Crippen molar-refractivity contribution in [3.05, 3.63) is 0 Å². The fourth-order valence-corrected chi connectivity index (χ4v) is 2.58. The molecule has 2 heteroatoms. The number of hydrogen-bond donors (Lipinski definition) is 1. The van der Waals surface area contributed by atoms with E-state index in [0.29, 0.717) is 0 Å². The molecule has 0 bridgehead atoms. The molecule has 1 N–H and O–H groups in total. The van der Waals surface area contributed by atoms with Gasteiger partial charge in [-0.2, -0.15) is 0 Å². The summed E-state index contributed by atoms with van der Waals surface area (Å²) in [5, 5.41) is 9.60. The molecule has 64 valence electrons. The molecule has 2 aliphatic rings. The van der Waals surface area contributed by atoms with E-state index in [4.69, 9.17) is 4.74 Å². The maximum absolute atomic E-state index is 9.60. The maximum Gasteiger partial charge on any atom is 0.113 e. The quantitative estimate of drug-likeness (QED) is 0.537. The van der Waals surface area contributed by atoms with Crippen molar-refractivity contribution in [3.63, 3.8) is 0 Å². The van der Waals surface area contributed by atoms with E-state index in [0.717, 1.165) is 12.8 Å². The molecule has 1 aliphatic carbocycles. The molecule has 0 radical (unpaired) electrons. The Hall–Kier alpha value is -0.0800. The van der Waals surface area contributed by atoms with Gasteiger partial charge in [0.15, 0.2) is 0 Å². The Kier molecular flexibility index (Phi) is 1.24. The first-order valence-electron chi connectivity index (χ1n) is 4.29. The largest absolute Gasteiger partial charge is 0.390 e. The number of rotatable bonds is 0. The van der Waals surface area contributed by atoms with E-state index < -0.39 is 0 Å². The fraction of sp³-hybridized carbons (Fsp3) is 1.00. The molecule has 0 spiro atoms. The van der Waals surface area contributed by atoms with E-state index in [1.54, 1.807) is 0 Å². The Balaban J connectivity index is 2.15. The molecule has 0 aromatic carbocycles. The second-order valence-corrected chi connectivity index (χ2v) is 4.96. The second-order valence-electron chi connectivity index (χ2n) is 4.96. The van der Waals surface area contributed by atoms with E-state index in [9.17, 15) is 5.11 Å². The molecule has 2 fully saturated rings. The van der Waals surface area contributed by atoms with Crippen LogP contribution in [0.4, 0.5) is 0 Å². The highest BCUT2D eigenvalue weighted by molar-refractivity contribution is 5.10. The first kappa shape index (κ1) is 7.56.